The molecular formula is C13H12Cl2N4S. The predicted molar refractivity (Wildman–Crippen MR) is 82.8 cm³/mol. The van der Waals surface area contributed by atoms with Crippen molar-refractivity contribution in [1.82, 2.24) is 19.5 Å². The van der Waals surface area contributed by atoms with Gasteiger partial charge in [-0.15, -0.1) is 22.9 Å². The molecule has 3 heterocycles. The molecule has 0 saturated heterocycles. The predicted octanol–water partition coefficient (Wildman–Crippen LogP) is 4.20. The molecule has 0 aromatic carbocycles. The Hall–Kier alpha value is -1.17. The van der Waals surface area contributed by atoms with Crippen molar-refractivity contribution in [2.24, 2.45) is 0 Å². The summed E-state index contributed by atoms with van der Waals surface area (Å²) in [5.74, 6) is 0.794. The zero-order valence-corrected chi connectivity index (χ0v) is 13.3. The zero-order valence-electron chi connectivity index (χ0n) is 11.0. The van der Waals surface area contributed by atoms with Crippen LogP contribution in [0.1, 0.15) is 28.0 Å². The summed E-state index contributed by atoms with van der Waals surface area (Å²) in [5.41, 5.74) is 1.56. The molecule has 0 N–H and O–H groups in total. The van der Waals surface area contributed by atoms with Crippen molar-refractivity contribution in [1.29, 1.82) is 0 Å². The molecule has 0 spiro atoms. The van der Waals surface area contributed by atoms with E-state index in [1.165, 1.54) is 0 Å². The highest BCUT2D eigenvalue weighted by Crippen LogP contribution is 2.26. The number of alkyl halides is 1. The van der Waals surface area contributed by atoms with Crippen LogP contribution in [0.5, 0.6) is 0 Å². The Kier molecular flexibility index (Phi) is 3.67. The highest BCUT2D eigenvalue weighted by atomic mass is 35.5. The van der Waals surface area contributed by atoms with Crippen LogP contribution in [0.4, 0.5) is 0 Å². The lowest BCUT2D eigenvalue weighted by atomic mass is 10.4. The molecule has 0 aliphatic carbocycles. The van der Waals surface area contributed by atoms with Crippen LogP contribution < -0.4 is 0 Å². The Balaban J connectivity index is 2.13. The van der Waals surface area contributed by atoms with Crippen LogP contribution in [0, 0.1) is 6.92 Å². The number of hydrogen-bond donors (Lipinski definition) is 0. The van der Waals surface area contributed by atoms with E-state index in [-0.39, 0.29) is 5.38 Å². The van der Waals surface area contributed by atoms with Gasteiger partial charge in [-0.2, -0.15) is 0 Å². The topological polar surface area (TPSA) is 43.6 Å². The van der Waals surface area contributed by atoms with E-state index in [1.807, 2.05) is 24.6 Å². The normalized spacial score (nSPS) is 13.0. The molecule has 0 aliphatic heterocycles. The summed E-state index contributed by atoms with van der Waals surface area (Å²) in [6, 6.07) is 1.81. The molecule has 0 aliphatic rings. The standard InChI is InChI=1S/C13H12Cl2N4S/c1-7(14)12-18-11-3-9(15)4-17-13(11)19(12)6-10-5-16-8(2)20-10/h3-5,7H,6H2,1-2H3. The maximum absolute atomic E-state index is 6.23. The van der Waals surface area contributed by atoms with E-state index < -0.39 is 0 Å². The molecule has 0 saturated carbocycles. The summed E-state index contributed by atoms with van der Waals surface area (Å²) >= 11 is 13.9. The molecule has 0 fully saturated rings. The van der Waals surface area contributed by atoms with Crippen LogP contribution in [0.25, 0.3) is 11.2 Å². The molecule has 0 bridgehead atoms. The molecule has 3 aromatic heterocycles. The molecule has 7 heteroatoms. The van der Waals surface area contributed by atoms with Gasteiger partial charge in [0.25, 0.3) is 0 Å². The smallest absolute Gasteiger partial charge is 0.160 e. The minimum atomic E-state index is -0.197. The first-order valence-corrected chi connectivity index (χ1v) is 7.74. The summed E-state index contributed by atoms with van der Waals surface area (Å²) in [4.78, 5) is 14.4. The van der Waals surface area contributed by atoms with Crippen LogP contribution in [-0.2, 0) is 6.54 Å². The van der Waals surface area contributed by atoms with Gasteiger partial charge in [-0.1, -0.05) is 11.6 Å². The number of halogens is 2. The van der Waals surface area contributed by atoms with Gasteiger partial charge in [0.2, 0.25) is 0 Å². The average Bonchev–Trinajstić information content (AvgIpc) is 2.94. The second-order valence-electron chi connectivity index (χ2n) is 4.51. The van der Waals surface area contributed by atoms with E-state index in [9.17, 15) is 0 Å². The first-order chi connectivity index (χ1) is 9.54. The Morgan fingerprint density at radius 3 is 2.80 bits per heavy atom. The van der Waals surface area contributed by atoms with E-state index >= 15 is 0 Å². The fourth-order valence-electron chi connectivity index (χ4n) is 2.10. The number of aryl methyl sites for hydroxylation is 1. The quantitative estimate of drug-likeness (QED) is 0.677. The van der Waals surface area contributed by atoms with Crippen molar-refractivity contribution in [2.45, 2.75) is 25.8 Å². The number of hydrogen-bond acceptors (Lipinski definition) is 4. The number of imidazole rings is 1. The van der Waals surface area contributed by atoms with Gasteiger partial charge in [-0.3, -0.25) is 0 Å². The number of nitrogens with zero attached hydrogens (tertiary/aromatic N) is 4. The highest BCUT2D eigenvalue weighted by molar-refractivity contribution is 7.11. The van der Waals surface area contributed by atoms with Gasteiger partial charge in [-0.25, -0.2) is 15.0 Å². The summed E-state index contributed by atoms with van der Waals surface area (Å²) < 4.78 is 2.02. The first kappa shape index (κ1) is 13.8. The average molecular weight is 327 g/mol. The van der Waals surface area contributed by atoms with Gasteiger partial charge in [0.05, 0.1) is 22.0 Å². The van der Waals surface area contributed by atoms with E-state index in [4.69, 9.17) is 23.2 Å². The van der Waals surface area contributed by atoms with E-state index in [0.29, 0.717) is 11.6 Å². The monoisotopic (exact) mass is 326 g/mol. The van der Waals surface area contributed by atoms with Gasteiger partial charge in [-0.05, 0) is 19.9 Å². The molecule has 1 unspecified atom stereocenters. The van der Waals surface area contributed by atoms with Crippen LogP contribution >= 0.6 is 34.5 Å². The van der Waals surface area contributed by atoms with Gasteiger partial charge >= 0.3 is 0 Å². The fourth-order valence-corrected chi connectivity index (χ4v) is 3.20. The van der Waals surface area contributed by atoms with Crippen LogP contribution in [0.3, 0.4) is 0 Å². The number of pyridine rings is 1. The minimum absolute atomic E-state index is 0.197. The van der Waals surface area contributed by atoms with E-state index in [2.05, 4.69) is 15.0 Å². The maximum atomic E-state index is 6.23. The number of fused-ring (bicyclic) bond motifs is 1. The molecular weight excluding hydrogens is 315 g/mol. The van der Waals surface area contributed by atoms with Gasteiger partial charge in [0, 0.05) is 17.3 Å². The number of aromatic nitrogens is 4. The Morgan fingerprint density at radius 2 is 2.15 bits per heavy atom. The fraction of sp³-hybridized carbons (Fsp3) is 0.308. The Bertz CT molecular complexity index is 763. The summed E-state index contributed by atoms with van der Waals surface area (Å²) in [5, 5.41) is 1.42. The number of rotatable bonds is 3. The van der Waals surface area contributed by atoms with Crippen LogP contribution in [0.2, 0.25) is 5.02 Å². The van der Waals surface area contributed by atoms with Crippen molar-refractivity contribution in [3.63, 3.8) is 0 Å². The van der Waals surface area contributed by atoms with Crippen LogP contribution in [0.15, 0.2) is 18.5 Å². The van der Waals surface area contributed by atoms with Gasteiger partial charge in [0.1, 0.15) is 11.3 Å². The maximum Gasteiger partial charge on any atom is 0.160 e. The molecule has 104 valence electrons. The van der Waals surface area contributed by atoms with E-state index in [0.717, 1.165) is 26.9 Å². The second kappa shape index (κ2) is 5.31. The molecule has 3 aromatic rings. The van der Waals surface area contributed by atoms with Crippen molar-refractivity contribution in [3.8, 4) is 0 Å². The lowest BCUT2D eigenvalue weighted by Gasteiger charge is -2.08. The zero-order chi connectivity index (χ0) is 14.3. The lowest BCUT2D eigenvalue weighted by molar-refractivity contribution is 0.743. The lowest BCUT2D eigenvalue weighted by Crippen LogP contribution is -2.05. The molecule has 0 radical (unpaired) electrons. The molecule has 4 nitrogen and oxygen atoms in total. The van der Waals surface area contributed by atoms with Crippen molar-refractivity contribution in [3.05, 3.63) is 39.2 Å². The van der Waals surface area contributed by atoms with Crippen molar-refractivity contribution in [2.75, 3.05) is 0 Å². The third-order valence-corrected chi connectivity index (χ3v) is 4.22. The SMILES string of the molecule is Cc1ncc(Cn2c(C(C)Cl)nc3cc(Cl)cnc32)s1. The number of thiazole rings is 1. The molecule has 3 rings (SSSR count). The first-order valence-electron chi connectivity index (χ1n) is 6.11. The highest BCUT2D eigenvalue weighted by Gasteiger charge is 2.17. The van der Waals surface area contributed by atoms with Gasteiger partial charge in [0.15, 0.2) is 5.65 Å². The molecule has 0 amide bonds. The third kappa shape index (κ3) is 2.53. The molecule has 20 heavy (non-hydrogen) atoms. The summed E-state index contributed by atoms with van der Waals surface area (Å²) in [7, 11) is 0. The Labute approximate surface area is 130 Å². The van der Waals surface area contributed by atoms with Crippen molar-refractivity contribution >= 4 is 45.7 Å². The van der Waals surface area contributed by atoms with Crippen LogP contribution in [-0.4, -0.2) is 19.5 Å². The van der Waals surface area contributed by atoms with Crippen molar-refractivity contribution < 1.29 is 0 Å². The Morgan fingerprint density at radius 1 is 1.35 bits per heavy atom. The largest absolute Gasteiger partial charge is 0.306 e. The van der Waals surface area contributed by atoms with Gasteiger partial charge < -0.3 is 4.57 Å². The second-order valence-corrected chi connectivity index (χ2v) is 6.92. The molecule has 1 atom stereocenters. The minimum Gasteiger partial charge on any atom is -0.306 e. The summed E-state index contributed by atoms with van der Waals surface area (Å²) in [6.45, 7) is 4.56. The third-order valence-electron chi connectivity index (χ3n) is 2.92. The van der Waals surface area contributed by atoms with E-state index in [1.54, 1.807) is 23.6 Å². The summed E-state index contributed by atoms with van der Waals surface area (Å²) in [6.07, 6.45) is 3.51.